The highest BCUT2D eigenvalue weighted by Gasteiger charge is 2.06. The van der Waals surface area contributed by atoms with Crippen LogP contribution >= 0.6 is 0 Å². The third kappa shape index (κ3) is 2.44. The molecule has 82 valence electrons. The fourth-order valence-electron chi connectivity index (χ4n) is 1.25. The van der Waals surface area contributed by atoms with Crippen molar-refractivity contribution in [3.8, 4) is 0 Å². The van der Waals surface area contributed by atoms with Crippen LogP contribution in [0.15, 0.2) is 30.9 Å². The summed E-state index contributed by atoms with van der Waals surface area (Å²) in [6.07, 6.45) is 6.70. The van der Waals surface area contributed by atoms with Gasteiger partial charge < -0.3 is 10.3 Å². The van der Waals surface area contributed by atoms with Gasteiger partial charge in [0.1, 0.15) is 5.69 Å². The highest BCUT2D eigenvalue weighted by atomic mass is 16.1. The van der Waals surface area contributed by atoms with E-state index in [-0.39, 0.29) is 5.91 Å². The summed E-state index contributed by atoms with van der Waals surface area (Å²) < 4.78 is 0. The molecular formula is C11H12N4O. The number of rotatable bonds is 3. The molecule has 0 saturated heterocycles. The van der Waals surface area contributed by atoms with E-state index in [0.717, 1.165) is 11.3 Å². The number of aromatic nitrogens is 3. The van der Waals surface area contributed by atoms with Crippen molar-refractivity contribution in [3.63, 3.8) is 0 Å². The summed E-state index contributed by atoms with van der Waals surface area (Å²) in [4.78, 5) is 22.6. The average molecular weight is 216 g/mol. The molecule has 2 heterocycles. The van der Waals surface area contributed by atoms with Gasteiger partial charge in [-0.2, -0.15) is 0 Å². The second-order valence-corrected chi connectivity index (χ2v) is 3.44. The van der Waals surface area contributed by atoms with Gasteiger partial charge in [-0.1, -0.05) is 0 Å². The van der Waals surface area contributed by atoms with E-state index in [2.05, 4.69) is 20.3 Å². The SMILES string of the molecule is Cc1cnc(C(=O)NCc2cc[nH]c2)cn1. The van der Waals surface area contributed by atoms with Gasteiger partial charge in [-0.05, 0) is 18.6 Å². The number of nitrogens with zero attached hydrogens (tertiary/aromatic N) is 2. The second-order valence-electron chi connectivity index (χ2n) is 3.44. The summed E-state index contributed by atoms with van der Waals surface area (Å²) in [6.45, 7) is 2.31. The molecule has 2 N–H and O–H groups in total. The minimum absolute atomic E-state index is 0.214. The number of hydrogen-bond donors (Lipinski definition) is 2. The Balaban J connectivity index is 1.95. The summed E-state index contributed by atoms with van der Waals surface area (Å²) in [5.74, 6) is -0.214. The number of carbonyl (C=O) groups is 1. The van der Waals surface area contributed by atoms with E-state index in [1.807, 2.05) is 25.4 Å². The largest absolute Gasteiger partial charge is 0.367 e. The van der Waals surface area contributed by atoms with Crippen LogP contribution in [0.2, 0.25) is 0 Å². The second kappa shape index (κ2) is 4.57. The molecule has 2 rings (SSSR count). The average Bonchev–Trinajstić information content (AvgIpc) is 2.80. The summed E-state index contributed by atoms with van der Waals surface area (Å²) >= 11 is 0. The van der Waals surface area contributed by atoms with Crippen molar-refractivity contribution >= 4 is 5.91 Å². The fourth-order valence-corrected chi connectivity index (χ4v) is 1.25. The molecule has 2 aromatic rings. The van der Waals surface area contributed by atoms with E-state index in [4.69, 9.17) is 0 Å². The van der Waals surface area contributed by atoms with Crippen LogP contribution in [0.1, 0.15) is 21.7 Å². The smallest absolute Gasteiger partial charge is 0.271 e. The van der Waals surface area contributed by atoms with Gasteiger partial charge in [0.25, 0.3) is 5.91 Å². The minimum Gasteiger partial charge on any atom is -0.367 e. The Morgan fingerprint density at radius 1 is 1.44 bits per heavy atom. The van der Waals surface area contributed by atoms with Crippen LogP contribution in [0.3, 0.4) is 0 Å². The molecule has 0 atom stereocenters. The molecular weight excluding hydrogens is 204 g/mol. The number of amides is 1. The number of hydrogen-bond acceptors (Lipinski definition) is 3. The molecule has 0 spiro atoms. The Hall–Kier alpha value is -2.17. The maximum absolute atomic E-state index is 11.6. The van der Waals surface area contributed by atoms with Gasteiger partial charge in [0.2, 0.25) is 0 Å². The lowest BCUT2D eigenvalue weighted by Gasteiger charge is -2.02. The highest BCUT2D eigenvalue weighted by molar-refractivity contribution is 5.91. The lowest BCUT2D eigenvalue weighted by atomic mass is 10.3. The minimum atomic E-state index is -0.214. The van der Waals surface area contributed by atoms with Crippen molar-refractivity contribution < 1.29 is 4.79 Å². The van der Waals surface area contributed by atoms with Gasteiger partial charge in [-0.25, -0.2) is 4.98 Å². The monoisotopic (exact) mass is 216 g/mol. The molecule has 5 nitrogen and oxygen atoms in total. The number of aryl methyl sites for hydroxylation is 1. The fraction of sp³-hybridized carbons (Fsp3) is 0.182. The Morgan fingerprint density at radius 3 is 2.94 bits per heavy atom. The molecule has 0 bridgehead atoms. The van der Waals surface area contributed by atoms with Crippen LogP contribution < -0.4 is 5.32 Å². The van der Waals surface area contributed by atoms with Crippen LogP contribution in [0.4, 0.5) is 0 Å². The maximum atomic E-state index is 11.6. The van der Waals surface area contributed by atoms with Gasteiger partial charge >= 0.3 is 0 Å². The predicted octanol–water partition coefficient (Wildman–Crippen LogP) is 1.04. The first-order valence-electron chi connectivity index (χ1n) is 4.94. The first-order valence-corrected chi connectivity index (χ1v) is 4.94. The summed E-state index contributed by atoms with van der Waals surface area (Å²) in [5, 5.41) is 2.76. The van der Waals surface area contributed by atoms with Crippen molar-refractivity contribution in [1.82, 2.24) is 20.3 Å². The molecule has 5 heteroatoms. The van der Waals surface area contributed by atoms with Gasteiger partial charge in [-0.3, -0.25) is 9.78 Å². The maximum Gasteiger partial charge on any atom is 0.271 e. The lowest BCUT2D eigenvalue weighted by Crippen LogP contribution is -2.23. The molecule has 0 saturated carbocycles. The van der Waals surface area contributed by atoms with E-state index in [9.17, 15) is 4.79 Å². The van der Waals surface area contributed by atoms with Crippen molar-refractivity contribution in [3.05, 3.63) is 47.8 Å². The van der Waals surface area contributed by atoms with Gasteiger partial charge in [-0.15, -0.1) is 0 Å². The molecule has 0 unspecified atom stereocenters. The van der Waals surface area contributed by atoms with Crippen molar-refractivity contribution in [2.24, 2.45) is 0 Å². The molecule has 2 aromatic heterocycles. The number of aromatic amines is 1. The Labute approximate surface area is 92.9 Å². The van der Waals surface area contributed by atoms with Crippen molar-refractivity contribution in [1.29, 1.82) is 0 Å². The van der Waals surface area contributed by atoms with E-state index >= 15 is 0 Å². The van der Waals surface area contributed by atoms with Crippen molar-refractivity contribution in [2.45, 2.75) is 13.5 Å². The number of H-pyrrole nitrogens is 1. The van der Waals surface area contributed by atoms with Gasteiger partial charge in [0.05, 0.1) is 11.9 Å². The first kappa shape index (κ1) is 10.4. The Kier molecular flexibility index (Phi) is 2.95. The molecule has 0 aliphatic heterocycles. The van der Waals surface area contributed by atoms with E-state index in [0.29, 0.717) is 12.2 Å². The third-order valence-electron chi connectivity index (χ3n) is 2.13. The molecule has 0 aromatic carbocycles. The molecule has 0 aliphatic rings. The van der Waals surface area contributed by atoms with Gasteiger partial charge in [0, 0.05) is 25.1 Å². The summed E-state index contributed by atoms with van der Waals surface area (Å²) in [5.41, 5.74) is 2.15. The van der Waals surface area contributed by atoms with E-state index in [1.54, 1.807) is 6.20 Å². The summed E-state index contributed by atoms with van der Waals surface area (Å²) in [6, 6.07) is 1.90. The van der Waals surface area contributed by atoms with Crippen LogP contribution in [0, 0.1) is 6.92 Å². The normalized spacial score (nSPS) is 10.1. The molecule has 0 radical (unpaired) electrons. The molecule has 1 amide bonds. The first-order chi connectivity index (χ1) is 7.75. The molecule has 0 aliphatic carbocycles. The summed E-state index contributed by atoms with van der Waals surface area (Å²) in [7, 11) is 0. The van der Waals surface area contributed by atoms with E-state index < -0.39 is 0 Å². The Bertz CT molecular complexity index is 461. The van der Waals surface area contributed by atoms with Crippen LogP contribution in [0.5, 0.6) is 0 Å². The van der Waals surface area contributed by atoms with Gasteiger partial charge in [0.15, 0.2) is 0 Å². The predicted molar refractivity (Wildman–Crippen MR) is 58.7 cm³/mol. The standard InChI is InChI=1S/C11H12N4O/c1-8-4-14-10(7-13-8)11(16)15-6-9-2-3-12-5-9/h2-5,7,12H,6H2,1H3,(H,15,16). The van der Waals surface area contributed by atoms with Crippen molar-refractivity contribution in [2.75, 3.05) is 0 Å². The number of nitrogens with one attached hydrogen (secondary N) is 2. The zero-order chi connectivity index (χ0) is 11.4. The van der Waals surface area contributed by atoms with Crippen LogP contribution in [-0.4, -0.2) is 20.9 Å². The van der Waals surface area contributed by atoms with Crippen LogP contribution in [-0.2, 0) is 6.54 Å². The van der Waals surface area contributed by atoms with E-state index in [1.165, 1.54) is 6.20 Å². The topological polar surface area (TPSA) is 70.7 Å². The molecule has 0 fully saturated rings. The lowest BCUT2D eigenvalue weighted by molar-refractivity contribution is 0.0945. The Morgan fingerprint density at radius 2 is 2.31 bits per heavy atom. The quantitative estimate of drug-likeness (QED) is 0.805. The molecule has 16 heavy (non-hydrogen) atoms. The zero-order valence-corrected chi connectivity index (χ0v) is 8.90. The highest BCUT2D eigenvalue weighted by Crippen LogP contribution is 1.98. The number of carbonyl (C=O) groups excluding carboxylic acids is 1. The third-order valence-corrected chi connectivity index (χ3v) is 2.13. The zero-order valence-electron chi connectivity index (χ0n) is 8.90. The van der Waals surface area contributed by atoms with Crippen LogP contribution in [0.25, 0.3) is 0 Å².